The number of carbonyl (C=O) groups is 2. The van der Waals surface area contributed by atoms with Crippen molar-refractivity contribution in [3.63, 3.8) is 0 Å². The Kier molecular flexibility index (Phi) is 17.1. The zero-order valence-electron chi connectivity index (χ0n) is 32.6. The van der Waals surface area contributed by atoms with E-state index in [1.165, 1.54) is 99.3 Å². The van der Waals surface area contributed by atoms with Crippen molar-refractivity contribution in [2.75, 3.05) is 13.2 Å². The molecule has 0 amide bonds. The van der Waals surface area contributed by atoms with Crippen LogP contribution >= 0.6 is 31.9 Å². The van der Waals surface area contributed by atoms with Crippen molar-refractivity contribution in [1.29, 1.82) is 0 Å². The Morgan fingerprint density at radius 1 is 0.509 bits per heavy atom. The summed E-state index contributed by atoms with van der Waals surface area (Å²) in [5.74, 6) is 1.86. The molecular formula is C49H56Br2O4. The molecule has 0 N–H and O–H groups in total. The molecule has 4 nitrogen and oxygen atoms in total. The number of fused-ring (bicyclic) bond motifs is 3. The summed E-state index contributed by atoms with van der Waals surface area (Å²) < 4.78 is 14.3. The van der Waals surface area contributed by atoms with E-state index in [1.807, 2.05) is 60.7 Å². The van der Waals surface area contributed by atoms with Gasteiger partial charge >= 0.3 is 0 Å². The van der Waals surface area contributed by atoms with Crippen molar-refractivity contribution in [2.45, 2.75) is 109 Å². The maximum atomic E-state index is 11.2. The monoisotopic (exact) mass is 866 g/mol. The summed E-state index contributed by atoms with van der Waals surface area (Å²) in [5.41, 5.74) is 7.83. The molecular weight excluding hydrogens is 812 g/mol. The Morgan fingerprint density at radius 3 is 1.25 bits per heavy atom. The minimum atomic E-state index is 0.0364. The summed E-state index contributed by atoms with van der Waals surface area (Å²) in [6.45, 7) is 4.58. The van der Waals surface area contributed by atoms with Crippen LogP contribution in [0.15, 0.2) is 106 Å². The van der Waals surface area contributed by atoms with Crippen LogP contribution in [0.4, 0.5) is 0 Å². The molecule has 4 aromatic carbocycles. The van der Waals surface area contributed by atoms with E-state index < -0.39 is 0 Å². The first-order valence-corrected chi connectivity index (χ1v) is 21.8. The Morgan fingerprint density at radius 2 is 0.873 bits per heavy atom. The molecule has 4 aromatic rings. The number of allylic oxidation sites excluding steroid dienone is 2. The largest absolute Gasteiger partial charge is 0.494 e. The Bertz CT molecular complexity index is 1750. The number of benzene rings is 4. The molecule has 0 fully saturated rings. The van der Waals surface area contributed by atoms with Crippen LogP contribution in [0, 0.1) is 0 Å². The Labute approximate surface area is 346 Å². The highest BCUT2D eigenvalue weighted by Crippen LogP contribution is 2.55. The molecule has 0 aromatic heterocycles. The van der Waals surface area contributed by atoms with Gasteiger partial charge in [0, 0.05) is 14.4 Å². The van der Waals surface area contributed by atoms with E-state index in [2.05, 4.69) is 68.3 Å². The molecule has 0 spiro atoms. The van der Waals surface area contributed by atoms with Crippen LogP contribution in [0.3, 0.4) is 0 Å². The van der Waals surface area contributed by atoms with Gasteiger partial charge in [-0.1, -0.05) is 145 Å². The van der Waals surface area contributed by atoms with Crippen LogP contribution in [-0.4, -0.2) is 24.8 Å². The van der Waals surface area contributed by atoms with Gasteiger partial charge in [-0.05, 0) is 134 Å². The molecule has 0 heterocycles. The zero-order valence-corrected chi connectivity index (χ0v) is 35.8. The van der Waals surface area contributed by atoms with Crippen molar-refractivity contribution < 1.29 is 19.1 Å². The molecule has 0 saturated carbocycles. The number of carbonyl (C=O) groups excluding carboxylic acids is 2. The summed E-state index contributed by atoms with van der Waals surface area (Å²) in [5, 5.41) is 0. The lowest BCUT2D eigenvalue weighted by molar-refractivity contribution is -0.113. The standard InChI is InChI=1S/C49H56Br2O4/c1-37(52)15-17-39-19-25-43(26-20-39)54-33-13-9-5-3-7-11-31-49(47-35-41(50)23-29-45(47)46-30-24-42(51)36-48(46)49)32-12-8-4-6-10-14-34-55-44-27-21-40(22-28-44)18-16-38(2)53/h15-30,35-36H,3-14,31-34H2,1-2H3/b17-15+,18-16+. The van der Waals surface area contributed by atoms with Gasteiger partial charge in [0.2, 0.25) is 0 Å². The summed E-state index contributed by atoms with van der Waals surface area (Å²) in [6, 6.07) is 29.7. The van der Waals surface area contributed by atoms with Gasteiger partial charge in [-0.15, -0.1) is 0 Å². The maximum absolute atomic E-state index is 11.2. The first-order chi connectivity index (χ1) is 26.7. The fraction of sp³-hybridized carbons (Fsp3) is 0.388. The Balaban J connectivity index is 1.05. The molecule has 0 bridgehead atoms. The van der Waals surface area contributed by atoms with E-state index in [4.69, 9.17) is 9.47 Å². The molecule has 1 aliphatic carbocycles. The van der Waals surface area contributed by atoms with Crippen molar-refractivity contribution in [2.24, 2.45) is 0 Å². The van der Waals surface area contributed by atoms with E-state index in [0.717, 1.165) is 57.6 Å². The normalized spacial score (nSPS) is 12.9. The van der Waals surface area contributed by atoms with E-state index in [9.17, 15) is 9.59 Å². The van der Waals surface area contributed by atoms with Crippen molar-refractivity contribution in [3.05, 3.63) is 128 Å². The van der Waals surface area contributed by atoms with Gasteiger partial charge in [0.25, 0.3) is 0 Å². The first kappa shape index (κ1) is 42.4. The van der Waals surface area contributed by atoms with Gasteiger partial charge in [0.05, 0.1) is 13.2 Å². The SMILES string of the molecule is CC(=O)/C=C/c1ccc(OCCCCCCCCC2(CCCCCCCCOc3ccc(/C=C/C(C)=O)cc3)c3cc(Br)ccc3-c3ccc(Br)cc32)cc1. The third-order valence-electron chi connectivity index (χ3n) is 10.6. The van der Waals surface area contributed by atoms with Gasteiger partial charge in [0.15, 0.2) is 11.6 Å². The van der Waals surface area contributed by atoms with E-state index in [-0.39, 0.29) is 17.0 Å². The fourth-order valence-corrected chi connectivity index (χ4v) is 8.45. The maximum Gasteiger partial charge on any atom is 0.152 e. The third-order valence-corrected chi connectivity index (χ3v) is 11.6. The number of rotatable bonds is 24. The zero-order chi connectivity index (χ0) is 38.9. The van der Waals surface area contributed by atoms with Gasteiger partial charge in [0.1, 0.15) is 11.5 Å². The van der Waals surface area contributed by atoms with Gasteiger partial charge in [-0.2, -0.15) is 0 Å². The molecule has 0 radical (unpaired) electrons. The van der Waals surface area contributed by atoms with Crippen molar-refractivity contribution >= 4 is 55.6 Å². The molecule has 0 saturated heterocycles. The van der Waals surface area contributed by atoms with Gasteiger partial charge in [-0.3, -0.25) is 9.59 Å². The molecule has 5 rings (SSSR count). The highest BCUT2D eigenvalue weighted by Gasteiger charge is 2.42. The minimum Gasteiger partial charge on any atom is -0.494 e. The van der Waals surface area contributed by atoms with E-state index in [0.29, 0.717) is 0 Å². The molecule has 55 heavy (non-hydrogen) atoms. The quantitative estimate of drug-likeness (QED) is 0.0520. The van der Waals surface area contributed by atoms with Crippen molar-refractivity contribution in [3.8, 4) is 22.6 Å². The number of halogens is 2. The number of unbranched alkanes of at least 4 members (excludes halogenated alkanes) is 10. The predicted molar refractivity (Wildman–Crippen MR) is 236 cm³/mol. The van der Waals surface area contributed by atoms with E-state index in [1.54, 1.807) is 26.0 Å². The number of hydrogen-bond acceptors (Lipinski definition) is 4. The third kappa shape index (κ3) is 13.2. The van der Waals surface area contributed by atoms with Crippen LogP contribution in [0.1, 0.15) is 126 Å². The number of ketones is 2. The topological polar surface area (TPSA) is 52.6 Å². The lowest BCUT2D eigenvalue weighted by Crippen LogP contribution is -2.25. The highest BCUT2D eigenvalue weighted by atomic mass is 79.9. The molecule has 0 atom stereocenters. The summed E-state index contributed by atoms with van der Waals surface area (Å²) >= 11 is 7.64. The first-order valence-electron chi connectivity index (χ1n) is 20.2. The average molecular weight is 869 g/mol. The number of hydrogen-bond donors (Lipinski definition) is 0. The average Bonchev–Trinajstić information content (AvgIpc) is 3.43. The lowest BCUT2D eigenvalue weighted by Gasteiger charge is -2.33. The second-order valence-electron chi connectivity index (χ2n) is 14.9. The van der Waals surface area contributed by atoms with E-state index >= 15 is 0 Å². The summed E-state index contributed by atoms with van der Waals surface area (Å²) in [7, 11) is 0. The van der Waals surface area contributed by atoms with Gasteiger partial charge in [-0.25, -0.2) is 0 Å². The van der Waals surface area contributed by atoms with Crippen LogP contribution in [-0.2, 0) is 15.0 Å². The Hall–Kier alpha value is -3.74. The van der Waals surface area contributed by atoms with Crippen molar-refractivity contribution in [1.82, 2.24) is 0 Å². The summed E-state index contributed by atoms with van der Waals surface area (Å²) in [6.07, 6.45) is 23.5. The molecule has 1 aliphatic rings. The van der Waals surface area contributed by atoms with Crippen LogP contribution in [0.2, 0.25) is 0 Å². The van der Waals surface area contributed by atoms with Crippen LogP contribution in [0.25, 0.3) is 23.3 Å². The van der Waals surface area contributed by atoms with Crippen LogP contribution in [0.5, 0.6) is 11.5 Å². The minimum absolute atomic E-state index is 0.0364. The lowest BCUT2D eigenvalue weighted by atomic mass is 9.70. The summed E-state index contributed by atoms with van der Waals surface area (Å²) in [4.78, 5) is 22.3. The number of ether oxygens (including phenoxy) is 2. The molecule has 290 valence electrons. The smallest absolute Gasteiger partial charge is 0.152 e. The predicted octanol–water partition coefficient (Wildman–Crippen LogP) is 14.3. The fourth-order valence-electron chi connectivity index (χ4n) is 7.73. The molecule has 0 unspecified atom stereocenters. The van der Waals surface area contributed by atoms with Crippen LogP contribution < -0.4 is 9.47 Å². The molecule has 6 heteroatoms. The second-order valence-corrected chi connectivity index (χ2v) is 16.8. The second kappa shape index (κ2) is 22.1. The highest BCUT2D eigenvalue weighted by molar-refractivity contribution is 9.10. The van der Waals surface area contributed by atoms with Gasteiger partial charge < -0.3 is 9.47 Å². The molecule has 0 aliphatic heterocycles.